The number of aryl methyl sites for hydroxylation is 1. The quantitative estimate of drug-likeness (QED) is 0.570. The lowest BCUT2D eigenvalue weighted by molar-refractivity contribution is 0.0599. The lowest BCUT2D eigenvalue weighted by Gasteiger charge is -2.04. The van der Waals surface area contributed by atoms with Crippen molar-refractivity contribution >= 4 is 11.8 Å². The summed E-state index contributed by atoms with van der Waals surface area (Å²) in [5.41, 5.74) is 1.86. The van der Waals surface area contributed by atoms with Crippen LogP contribution < -0.4 is 0 Å². The number of methoxy groups -OCH3 is 1. The lowest BCUT2D eigenvalue weighted by Crippen LogP contribution is -2.05. The fourth-order valence-electron chi connectivity index (χ4n) is 1.22. The van der Waals surface area contributed by atoms with Crippen molar-refractivity contribution in [2.75, 3.05) is 7.11 Å². The molecule has 3 heteroatoms. The molecule has 0 fully saturated rings. The number of benzene rings is 1. The highest BCUT2D eigenvalue weighted by Gasteiger charge is 2.10. The number of carbonyl (C=O) groups excluding carboxylic acids is 2. The molecule has 0 aliphatic heterocycles. The minimum Gasteiger partial charge on any atom is -0.465 e. The zero-order valence-corrected chi connectivity index (χ0v) is 10.5. The summed E-state index contributed by atoms with van der Waals surface area (Å²) < 4.78 is 4.59. The van der Waals surface area contributed by atoms with Gasteiger partial charge < -0.3 is 4.74 Å². The van der Waals surface area contributed by atoms with E-state index in [9.17, 15) is 9.59 Å². The van der Waals surface area contributed by atoms with Crippen molar-refractivity contribution in [2.24, 2.45) is 0 Å². The first-order valence-electron chi connectivity index (χ1n) is 5.26. The van der Waals surface area contributed by atoms with Gasteiger partial charge >= 0.3 is 5.97 Å². The van der Waals surface area contributed by atoms with Crippen LogP contribution in [-0.4, -0.2) is 18.9 Å². The van der Waals surface area contributed by atoms with Crippen molar-refractivity contribution in [3.63, 3.8) is 0 Å². The molecule has 88 valence electrons. The Balaban J connectivity index is 0.00000106. The van der Waals surface area contributed by atoms with Gasteiger partial charge in [0.25, 0.3) is 0 Å². The summed E-state index contributed by atoms with van der Waals surface area (Å²) in [5.74, 6) is -0.387. The Hall–Kier alpha value is -1.64. The number of ketones is 1. The van der Waals surface area contributed by atoms with Gasteiger partial charge in [-0.25, -0.2) is 4.79 Å². The van der Waals surface area contributed by atoms with Gasteiger partial charge in [0, 0.05) is 5.56 Å². The number of hydrogen-bond donors (Lipinski definition) is 0. The van der Waals surface area contributed by atoms with E-state index in [1.165, 1.54) is 14.0 Å². The van der Waals surface area contributed by atoms with Crippen LogP contribution in [0.15, 0.2) is 18.2 Å². The maximum Gasteiger partial charge on any atom is 0.338 e. The van der Waals surface area contributed by atoms with Crippen LogP contribution in [0, 0.1) is 6.92 Å². The van der Waals surface area contributed by atoms with Gasteiger partial charge in [0.05, 0.1) is 12.7 Å². The van der Waals surface area contributed by atoms with Crippen LogP contribution >= 0.6 is 0 Å². The van der Waals surface area contributed by atoms with Crippen LogP contribution in [0.1, 0.15) is 47.1 Å². The first-order valence-corrected chi connectivity index (χ1v) is 5.26. The Morgan fingerprint density at radius 3 is 2.12 bits per heavy atom. The van der Waals surface area contributed by atoms with Crippen LogP contribution in [-0.2, 0) is 4.74 Å². The van der Waals surface area contributed by atoms with Crippen molar-refractivity contribution in [2.45, 2.75) is 27.7 Å². The SMILES string of the molecule is CC.COC(=O)c1ccc(C(C)=O)cc1C. The Labute approximate surface area is 96.4 Å². The van der Waals surface area contributed by atoms with Gasteiger partial charge in [-0.05, 0) is 31.5 Å². The summed E-state index contributed by atoms with van der Waals surface area (Å²) in [6.45, 7) is 7.27. The third kappa shape index (κ3) is 3.50. The van der Waals surface area contributed by atoms with Crippen LogP contribution in [0.25, 0.3) is 0 Å². The maximum atomic E-state index is 11.2. The molecule has 0 aromatic heterocycles. The van der Waals surface area contributed by atoms with Gasteiger partial charge in [0.1, 0.15) is 0 Å². The normalized spacial score (nSPS) is 8.81. The van der Waals surface area contributed by atoms with Crippen LogP contribution in [0.2, 0.25) is 0 Å². The molecule has 3 nitrogen and oxygen atoms in total. The van der Waals surface area contributed by atoms with Gasteiger partial charge in [-0.15, -0.1) is 0 Å². The third-order valence-electron chi connectivity index (χ3n) is 2.04. The Morgan fingerprint density at radius 1 is 1.19 bits per heavy atom. The number of Topliss-reactive ketones (excluding diaryl/α,β-unsaturated/α-hetero) is 1. The summed E-state index contributed by atoms with van der Waals surface area (Å²) in [6, 6.07) is 4.92. The van der Waals surface area contributed by atoms with Crippen LogP contribution in [0.5, 0.6) is 0 Å². The van der Waals surface area contributed by atoms with Crippen molar-refractivity contribution in [1.82, 2.24) is 0 Å². The summed E-state index contributed by atoms with van der Waals surface area (Å²) in [4.78, 5) is 22.2. The highest BCUT2D eigenvalue weighted by molar-refractivity contribution is 5.97. The number of hydrogen-bond acceptors (Lipinski definition) is 3. The molecule has 0 amide bonds. The van der Waals surface area contributed by atoms with Gasteiger partial charge in [-0.3, -0.25) is 4.79 Å². The molecule has 0 saturated heterocycles. The molecule has 0 radical (unpaired) electrons. The molecule has 1 aromatic rings. The van der Waals surface area contributed by atoms with E-state index >= 15 is 0 Å². The Bertz CT molecular complexity index is 381. The lowest BCUT2D eigenvalue weighted by atomic mass is 10.0. The number of ether oxygens (including phenoxy) is 1. The Morgan fingerprint density at radius 2 is 1.75 bits per heavy atom. The average Bonchev–Trinajstić information content (AvgIpc) is 2.30. The fourth-order valence-corrected chi connectivity index (χ4v) is 1.22. The van der Waals surface area contributed by atoms with Crippen LogP contribution in [0.3, 0.4) is 0 Å². The smallest absolute Gasteiger partial charge is 0.338 e. The Kier molecular flexibility index (Phi) is 6.08. The van der Waals surface area contributed by atoms with Crippen molar-refractivity contribution in [1.29, 1.82) is 0 Å². The largest absolute Gasteiger partial charge is 0.465 e. The molecule has 1 aromatic carbocycles. The number of carbonyl (C=O) groups is 2. The molecule has 0 N–H and O–H groups in total. The predicted octanol–water partition coefficient (Wildman–Crippen LogP) is 3.01. The van der Waals surface area contributed by atoms with Gasteiger partial charge in [0.15, 0.2) is 5.78 Å². The minimum absolute atomic E-state index is 0.00971. The van der Waals surface area contributed by atoms with Crippen LogP contribution in [0.4, 0.5) is 0 Å². The second-order valence-corrected chi connectivity index (χ2v) is 3.08. The van der Waals surface area contributed by atoms with E-state index in [1.54, 1.807) is 25.1 Å². The molecule has 0 unspecified atom stereocenters. The van der Waals surface area contributed by atoms with Gasteiger partial charge in [-0.2, -0.15) is 0 Å². The summed E-state index contributed by atoms with van der Waals surface area (Å²) >= 11 is 0. The standard InChI is InChI=1S/C11H12O3.C2H6/c1-7-6-9(8(2)12)4-5-10(7)11(13)14-3;1-2/h4-6H,1-3H3;1-2H3. The van der Waals surface area contributed by atoms with Gasteiger partial charge in [0.2, 0.25) is 0 Å². The molecular formula is C13H18O3. The molecule has 0 bridgehead atoms. The number of rotatable bonds is 2. The second-order valence-electron chi connectivity index (χ2n) is 3.08. The van der Waals surface area contributed by atoms with Crippen molar-refractivity contribution in [3.05, 3.63) is 34.9 Å². The minimum atomic E-state index is -0.377. The summed E-state index contributed by atoms with van der Waals surface area (Å²) in [7, 11) is 1.33. The van der Waals surface area contributed by atoms with E-state index in [1.807, 2.05) is 13.8 Å². The van der Waals surface area contributed by atoms with Gasteiger partial charge in [-0.1, -0.05) is 19.9 Å². The third-order valence-corrected chi connectivity index (χ3v) is 2.04. The molecule has 1 rings (SSSR count). The zero-order chi connectivity index (χ0) is 12.7. The zero-order valence-electron chi connectivity index (χ0n) is 10.5. The van der Waals surface area contributed by atoms with Crippen molar-refractivity contribution < 1.29 is 14.3 Å². The second kappa shape index (κ2) is 6.77. The summed E-state index contributed by atoms with van der Waals surface area (Å²) in [5, 5.41) is 0. The molecule has 0 atom stereocenters. The highest BCUT2D eigenvalue weighted by Crippen LogP contribution is 2.12. The molecule has 0 spiro atoms. The molecule has 0 aliphatic rings. The molecular weight excluding hydrogens is 204 g/mol. The first kappa shape index (κ1) is 14.4. The monoisotopic (exact) mass is 222 g/mol. The fraction of sp³-hybridized carbons (Fsp3) is 0.385. The number of esters is 1. The highest BCUT2D eigenvalue weighted by atomic mass is 16.5. The predicted molar refractivity (Wildman–Crippen MR) is 63.9 cm³/mol. The van der Waals surface area contributed by atoms with E-state index in [0.29, 0.717) is 11.1 Å². The molecule has 0 heterocycles. The van der Waals surface area contributed by atoms with Crippen molar-refractivity contribution in [3.8, 4) is 0 Å². The maximum absolute atomic E-state index is 11.2. The van der Waals surface area contributed by atoms with E-state index < -0.39 is 0 Å². The topological polar surface area (TPSA) is 43.4 Å². The average molecular weight is 222 g/mol. The molecule has 0 aliphatic carbocycles. The van der Waals surface area contributed by atoms with E-state index in [0.717, 1.165) is 5.56 Å². The van der Waals surface area contributed by atoms with E-state index in [4.69, 9.17) is 0 Å². The first-order chi connectivity index (χ1) is 7.56. The molecule has 16 heavy (non-hydrogen) atoms. The molecule has 0 saturated carbocycles. The summed E-state index contributed by atoms with van der Waals surface area (Å²) in [6.07, 6.45) is 0. The van der Waals surface area contributed by atoms with E-state index in [2.05, 4.69) is 4.74 Å². The van der Waals surface area contributed by atoms with E-state index in [-0.39, 0.29) is 11.8 Å².